The van der Waals surface area contributed by atoms with E-state index in [1.807, 2.05) is 6.08 Å². The molecule has 1 aliphatic rings. The summed E-state index contributed by atoms with van der Waals surface area (Å²) in [5, 5.41) is 10.6. The van der Waals surface area contributed by atoms with E-state index in [0.29, 0.717) is 22.6 Å². The molecule has 3 heteroatoms. The molecular weight excluding hydrogens is 224 g/mol. The second-order valence-electron chi connectivity index (χ2n) is 3.90. The number of rotatable bonds is 2. The Labute approximate surface area is 99.5 Å². The van der Waals surface area contributed by atoms with E-state index in [0.717, 1.165) is 12.8 Å². The molecule has 2 nitrogen and oxygen atoms in total. The van der Waals surface area contributed by atoms with Gasteiger partial charge in [-0.2, -0.15) is 0 Å². The van der Waals surface area contributed by atoms with E-state index in [1.165, 1.54) is 0 Å². The molecule has 0 heterocycles. The highest BCUT2D eigenvalue weighted by Crippen LogP contribution is 2.31. The number of halogens is 1. The van der Waals surface area contributed by atoms with Gasteiger partial charge in [0, 0.05) is 22.6 Å². The topological polar surface area (TPSA) is 37.3 Å². The lowest BCUT2D eigenvalue weighted by Crippen LogP contribution is -2.14. The fourth-order valence-electron chi connectivity index (χ4n) is 1.91. The summed E-state index contributed by atoms with van der Waals surface area (Å²) in [6.45, 7) is 0. The Bertz CT molecular complexity index is 437. The van der Waals surface area contributed by atoms with Crippen LogP contribution in [0.5, 0.6) is 0 Å². The SMILES string of the molecule is O=C1CCCC=C1C(O)c1ccccc1Cl. The van der Waals surface area contributed by atoms with Crippen LogP contribution in [0.3, 0.4) is 0 Å². The van der Waals surface area contributed by atoms with Crippen LogP contribution in [-0.4, -0.2) is 10.9 Å². The van der Waals surface area contributed by atoms with E-state index >= 15 is 0 Å². The minimum Gasteiger partial charge on any atom is -0.383 e. The molecule has 16 heavy (non-hydrogen) atoms. The average Bonchev–Trinajstić information content (AvgIpc) is 2.29. The third kappa shape index (κ3) is 2.18. The van der Waals surface area contributed by atoms with Gasteiger partial charge in [0.15, 0.2) is 5.78 Å². The predicted molar refractivity (Wildman–Crippen MR) is 63.4 cm³/mol. The average molecular weight is 237 g/mol. The first kappa shape index (κ1) is 11.4. The maximum absolute atomic E-state index is 11.6. The zero-order chi connectivity index (χ0) is 11.5. The Morgan fingerprint density at radius 1 is 1.31 bits per heavy atom. The second-order valence-corrected chi connectivity index (χ2v) is 4.31. The molecule has 0 aromatic heterocycles. The first-order valence-corrected chi connectivity index (χ1v) is 5.73. The van der Waals surface area contributed by atoms with Crippen molar-refractivity contribution in [3.63, 3.8) is 0 Å². The van der Waals surface area contributed by atoms with Gasteiger partial charge in [-0.1, -0.05) is 35.9 Å². The largest absolute Gasteiger partial charge is 0.383 e. The Kier molecular flexibility index (Phi) is 3.42. The van der Waals surface area contributed by atoms with E-state index < -0.39 is 6.10 Å². The van der Waals surface area contributed by atoms with Crippen LogP contribution < -0.4 is 0 Å². The Hall–Kier alpha value is -1.12. The highest BCUT2D eigenvalue weighted by molar-refractivity contribution is 6.31. The van der Waals surface area contributed by atoms with Gasteiger partial charge in [0.05, 0.1) is 0 Å². The molecule has 0 amide bonds. The molecule has 0 aliphatic heterocycles. The van der Waals surface area contributed by atoms with Gasteiger partial charge in [-0.15, -0.1) is 0 Å². The van der Waals surface area contributed by atoms with Gasteiger partial charge in [-0.25, -0.2) is 0 Å². The Morgan fingerprint density at radius 3 is 2.75 bits per heavy atom. The third-order valence-corrected chi connectivity index (χ3v) is 3.13. The summed E-state index contributed by atoms with van der Waals surface area (Å²) < 4.78 is 0. The highest BCUT2D eigenvalue weighted by atomic mass is 35.5. The molecule has 1 aliphatic carbocycles. The number of carbonyl (C=O) groups excluding carboxylic acids is 1. The Balaban J connectivity index is 2.32. The van der Waals surface area contributed by atoms with Gasteiger partial charge in [-0.05, 0) is 18.9 Å². The molecule has 0 spiro atoms. The molecule has 0 saturated carbocycles. The normalized spacial score (nSPS) is 18.1. The maximum Gasteiger partial charge on any atom is 0.161 e. The van der Waals surface area contributed by atoms with Crippen molar-refractivity contribution in [3.05, 3.63) is 46.5 Å². The summed E-state index contributed by atoms with van der Waals surface area (Å²) >= 11 is 5.99. The number of hydrogen-bond donors (Lipinski definition) is 1. The zero-order valence-electron chi connectivity index (χ0n) is 8.82. The van der Waals surface area contributed by atoms with Crippen molar-refractivity contribution < 1.29 is 9.90 Å². The summed E-state index contributed by atoms with van der Waals surface area (Å²) in [5.41, 5.74) is 1.09. The lowest BCUT2D eigenvalue weighted by Gasteiger charge is -2.18. The predicted octanol–water partition coefficient (Wildman–Crippen LogP) is 3.05. The number of benzene rings is 1. The van der Waals surface area contributed by atoms with E-state index in [-0.39, 0.29) is 5.78 Å². The smallest absolute Gasteiger partial charge is 0.161 e. The van der Waals surface area contributed by atoms with Crippen LogP contribution in [0.25, 0.3) is 0 Å². The Morgan fingerprint density at radius 2 is 2.06 bits per heavy atom. The summed E-state index contributed by atoms with van der Waals surface area (Å²) in [5.74, 6) is 0.0265. The summed E-state index contributed by atoms with van der Waals surface area (Å²) in [6.07, 6.45) is 3.18. The van der Waals surface area contributed by atoms with Gasteiger partial charge in [0.1, 0.15) is 6.10 Å². The molecule has 84 valence electrons. The van der Waals surface area contributed by atoms with E-state index in [9.17, 15) is 9.90 Å². The van der Waals surface area contributed by atoms with Gasteiger partial charge in [0.25, 0.3) is 0 Å². The molecule has 1 atom stereocenters. The van der Waals surface area contributed by atoms with Gasteiger partial charge < -0.3 is 5.11 Å². The van der Waals surface area contributed by atoms with Gasteiger partial charge in [0.2, 0.25) is 0 Å². The van der Waals surface area contributed by atoms with Crippen LogP contribution in [0.15, 0.2) is 35.9 Å². The molecule has 0 bridgehead atoms. The van der Waals surface area contributed by atoms with Gasteiger partial charge in [-0.3, -0.25) is 4.79 Å². The fraction of sp³-hybridized carbons (Fsp3) is 0.308. The van der Waals surface area contributed by atoms with Crippen LogP contribution in [-0.2, 0) is 4.79 Å². The molecule has 1 aromatic rings. The van der Waals surface area contributed by atoms with Crippen molar-refractivity contribution in [1.29, 1.82) is 0 Å². The lowest BCUT2D eigenvalue weighted by atomic mass is 9.91. The number of hydrogen-bond acceptors (Lipinski definition) is 2. The second kappa shape index (κ2) is 4.81. The van der Waals surface area contributed by atoms with Crippen molar-refractivity contribution in [2.45, 2.75) is 25.4 Å². The third-order valence-electron chi connectivity index (χ3n) is 2.79. The van der Waals surface area contributed by atoms with Crippen LogP contribution in [0, 0.1) is 0 Å². The maximum atomic E-state index is 11.6. The summed E-state index contributed by atoms with van der Waals surface area (Å²) in [7, 11) is 0. The first-order chi connectivity index (χ1) is 7.70. The number of Topliss-reactive ketones (excluding diaryl/α,β-unsaturated/α-hetero) is 1. The quantitative estimate of drug-likeness (QED) is 0.857. The molecule has 1 aromatic carbocycles. The molecule has 0 fully saturated rings. The standard InChI is InChI=1S/C13H13ClO2/c14-11-7-3-1-5-9(11)13(16)10-6-2-4-8-12(10)15/h1,3,5-7,13,16H,2,4,8H2. The number of aliphatic hydroxyl groups is 1. The van der Waals surface area contributed by atoms with Crippen molar-refractivity contribution >= 4 is 17.4 Å². The van der Waals surface area contributed by atoms with E-state index in [1.54, 1.807) is 24.3 Å². The van der Waals surface area contributed by atoms with E-state index in [4.69, 9.17) is 11.6 Å². The lowest BCUT2D eigenvalue weighted by molar-refractivity contribution is -0.117. The van der Waals surface area contributed by atoms with Crippen LogP contribution in [0.2, 0.25) is 5.02 Å². The number of aliphatic hydroxyl groups excluding tert-OH is 1. The minimum atomic E-state index is -0.888. The zero-order valence-corrected chi connectivity index (χ0v) is 9.57. The van der Waals surface area contributed by atoms with Crippen LogP contribution in [0.1, 0.15) is 30.9 Å². The van der Waals surface area contributed by atoms with Crippen LogP contribution >= 0.6 is 11.6 Å². The molecular formula is C13H13ClO2. The molecule has 1 unspecified atom stereocenters. The number of ketones is 1. The van der Waals surface area contributed by atoms with Crippen molar-refractivity contribution in [2.75, 3.05) is 0 Å². The summed E-state index contributed by atoms with van der Waals surface area (Å²) in [4.78, 5) is 11.6. The monoisotopic (exact) mass is 236 g/mol. The van der Waals surface area contributed by atoms with Crippen LogP contribution in [0.4, 0.5) is 0 Å². The number of allylic oxidation sites excluding steroid dienone is 1. The molecule has 0 radical (unpaired) electrons. The van der Waals surface area contributed by atoms with Gasteiger partial charge >= 0.3 is 0 Å². The summed E-state index contributed by atoms with van der Waals surface area (Å²) in [6, 6.07) is 7.07. The molecule has 0 saturated heterocycles. The highest BCUT2D eigenvalue weighted by Gasteiger charge is 2.23. The van der Waals surface area contributed by atoms with Crippen molar-refractivity contribution in [2.24, 2.45) is 0 Å². The van der Waals surface area contributed by atoms with Crippen molar-refractivity contribution in [3.8, 4) is 0 Å². The first-order valence-electron chi connectivity index (χ1n) is 5.36. The number of carbonyl (C=O) groups is 1. The minimum absolute atomic E-state index is 0.0265. The molecule has 2 rings (SSSR count). The van der Waals surface area contributed by atoms with E-state index in [2.05, 4.69) is 0 Å². The molecule has 1 N–H and O–H groups in total. The van der Waals surface area contributed by atoms with Crippen molar-refractivity contribution in [1.82, 2.24) is 0 Å². The fourth-order valence-corrected chi connectivity index (χ4v) is 2.15.